The zero-order chi connectivity index (χ0) is 17.7. The molecule has 0 aromatic heterocycles. The van der Waals surface area contributed by atoms with Gasteiger partial charge < -0.3 is 14.6 Å². The van der Waals surface area contributed by atoms with E-state index in [4.69, 9.17) is 4.74 Å². The number of aliphatic hydroxyl groups is 1. The second kappa shape index (κ2) is 8.23. The van der Waals surface area contributed by atoms with Crippen LogP contribution in [0.4, 0.5) is 8.78 Å². The first-order valence-electron chi connectivity index (χ1n) is 7.88. The van der Waals surface area contributed by atoms with E-state index in [9.17, 15) is 24.0 Å². The highest BCUT2D eigenvalue weighted by atomic mass is 19.3. The summed E-state index contributed by atoms with van der Waals surface area (Å²) in [5.74, 6) is -0.0723. The van der Waals surface area contributed by atoms with Crippen molar-refractivity contribution in [3.8, 4) is 11.5 Å². The maximum atomic E-state index is 12.5. The Morgan fingerprint density at radius 1 is 1.38 bits per heavy atom. The topological polar surface area (TPSA) is 81.8 Å². The monoisotopic (exact) mass is 345 g/mol. The van der Waals surface area contributed by atoms with Crippen molar-refractivity contribution < 1.29 is 28.3 Å². The molecule has 134 valence electrons. The summed E-state index contributed by atoms with van der Waals surface area (Å²) < 4.78 is 35.1. The quantitative estimate of drug-likeness (QED) is 0.520. The van der Waals surface area contributed by atoms with Gasteiger partial charge in [-0.1, -0.05) is 6.07 Å². The van der Waals surface area contributed by atoms with Gasteiger partial charge in [-0.05, 0) is 42.9 Å². The molecule has 8 heteroatoms. The Hall–Kier alpha value is -1.96. The Labute approximate surface area is 138 Å². The van der Waals surface area contributed by atoms with Crippen molar-refractivity contribution in [1.29, 1.82) is 0 Å². The minimum absolute atomic E-state index is 0.0918. The van der Waals surface area contributed by atoms with Gasteiger partial charge in [0.1, 0.15) is 0 Å². The van der Waals surface area contributed by atoms with Gasteiger partial charge in [-0.3, -0.25) is 10.1 Å². The molecule has 2 atom stereocenters. The molecule has 1 aromatic rings. The number of ether oxygens (including phenoxy) is 2. The van der Waals surface area contributed by atoms with Crippen LogP contribution in [0.1, 0.15) is 37.7 Å². The first kappa shape index (κ1) is 18.4. The van der Waals surface area contributed by atoms with Crippen LogP contribution in [0.5, 0.6) is 11.5 Å². The summed E-state index contributed by atoms with van der Waals surface area (Å²) in [5.41, 5.74) is 0.556. The standard InChI is InChI=1S/C16H21F2NO5/c1-10(19(21)22)13(6-7-20)12-4-5-14(24-16(17)18)15(8-12)23-9-11-2-3-11/h4-5,8,10-11,13,16,20H,2-3,6-7,9H2,1H3. The maximum Gasteiger partial charge on any atom is 0.387 e. The highest BCUT2D eigenvalue weighted by Crippen LogP contribution is 2.37. The smallest absolute Gasteiger partial charge is 0.387 e. The van der Waals surface area contributed by atoms with Crippen LogP contribution in [-0.2, 0) is 0 Å². The van der Waals surface area contributed by atoms with Gasteiger partial charge in [-0.25, -0.2) is 0 Å². The maximum absolute atomic E-state index is 12.5. The van der Waals surface area contributed by atoms with Crippen molar-refractivity contribution >= 4 is 0 Å². The molecule has 0 bridgehead atoms. The lowest BCUT2D eigenvalue weighted by Gasteiger charge is -2.20. The van der Waals surface area contributed by atoms with Crippen molar-refractivity contribution in [2.75, 3.05) is 13.2 Å². The molecule has 1 saturated carbocycles. The summed E-state index contributed by atoms with van der Waals surface area (Å²) in [6.07, 6.45) is 2.27. The van der Waals surface area contributed by atoms with Crippen LogP contribution < -0.4 is 9.47 Å². The molecule has 0 spiro atoms. The number of nitrogens with zero attached hydrogens (tertiary/aromatic N) is 1. The Bertz CT molecular complexity index is 565. The van der Waals surface area contributed by atoms with Crippen LogP contribution in [0.2, 0.25) is 0 Å². The Kier molecular flexibility index (Phi) is 6.30. The molecule has 0 aliphatic heterocycles. The van der Waals surface area contributed by atoms with E-state index >= 15 is 0 Å². The van der Waals surface area contributed by atoms with E-state index in [2.05, 4.69) is 4.74 Å². The predicted octanol–water partition coefficient (Wildman–Crippen LogP) is 3.21. The summed E-state index contributed by atoms with van der Waals surface area (Å²) in [7, 11) is 0. The van der Waals surface area contributed by atoms with Gasteiger partial charge in [0.25, 0.3) is 0 Å². The van der Waals surface area contributed by atoms with Gasteiger partial charge in [0.05, 0.1) is 12.5 Å². The van der Waals surface area contributed by atoms with Crippen molar-refractivity contribution in [3.05, 3.63) is 33.9 Å². The van der Waals surface area contributed by atoms with Crippen molar-refractivity contribution in [1.82, 2.24) is 0 Å². The van der Waals surface area contributed by atoms with Gasteiger partial charge in [0, 0.05) is 18.5 Å². The number of hydrogen-bond acceptors (Lipinski definition) is 5. The second-order valence-corrected chi connectivity index (χ2v) is 5.98. The first-order valence-corrected chi connectivity index (χ1v) is 7.88. The van der Waals surface area contributed by atoms with E-state index < -0.39 is 23.5 Å². The van der Waals surface area contributed by atoms with Gasteiger partial charge in [0.15, 0.2) is 11.5 Å². The highest BCUT2D eigenvalue weighted by molar-refractivity contribution is 5.44. The highest BCUT2D eigenvalue weighted by Gasteiger charge is 2.29. The van der Waals surface area contributed by atoms with Gasteiger partial charge >= 0.3 is 6.61 Å². The summed E-state index contributed by atoms with van der Waals surface area (Å²) in [4.78, 5) is 10.7. The van der Waals surface area contributed by atoms with Crippen LogP contribution in [0.3, 0.4) is 0 Å². The summed E-state index contributed by atoms with van der Waals surface area (Å²) in [6.45, 7) is -1.34. The lowest BCUT2D eigenvalue weighted by atomic mass is 9.89. The fraction of sp³-hybridized carbons (Fsp3) is 0.625. The van der Waals surface area contributed by atoms with Crippen molar-refractivity contribution in [2.45, 2.75) is 44.8 Å². The van der Waals surface area contributed by atoms with E-state index in [0.717, 1.165) is 12.8 Å². The number of alkyl halides is 2. The third kappa shape index (κ3) is 5.02. The van der Waals surface area contributed by atoms with E-state index in [1.54, 1.807) is 0 Å². The Balaban J connectivity index is 2.26. The molecule has 24 heavy (non-hydrogen) atoms. The fourth-order valence-corrected chi connectivity index (χ4v) is 2.53. The lowest BCUT2D eigenvalue weighted by Crippen LogP contribution is -2.25. The third-order valence-corrected chi connectivity index (χ3v) is 4.14. The van der Waals surface area contributed by atoms with Gasteiger partial charge in [-0.2, -0.15) is 8.78 Å². The number of rotatable bonds is 10. The normalized spacial score (nSPS) is 16.7. The predicted molar refractivity (Wildman–Crippen MR) is 82.2 cm³/mol. The average Bonchev–Trinajstić information content (AvgIpc) is 3.35. The molecule has 1 N–H and O–H groups in total. The lowest BCUT2D eigenvalue weighted by molar-refractivity contribution is -0.522. The average molecular weight is 345 g/mol. The number of nitro groups is 1. The van der Waals surface area contributed by atoms with Gasteiger partial charge in [-0.15, -0.1) is 0 Å². The number of halogens is 2. The van der Waals surface area contributed by atoms with Crippen LogP contribution in [-0.4, -0.2) is 35.9 Å². The molecule has 0 radical (unpaired) electrons. The third-order valence-electron chi connectivity index (χ3n) is 4.14. The van der Waals surface area contributed by atoms with E-state index in [1.807, 2.05) is 0 Å². The van der Waals surface area contributed by atoms with Crippen LogP contribution in [0.15, 0.2) is 18.2 Å². The van der Waals surface area contributed by atoms with E-state index in [1.165, 1.54) is 25.1 Å². The molecule has 1 aromatic carbocycles. The summed E-state index contributed by atoms with van der Waals surface area (Å²) in [5, 5.41) is 20.3. The molecule has 6 nitrogen and oxygen atoms in total. The Morgan fingerprint density at radius 2 is 2.08 bits per heavy atom. The minimum atomic E-state index is -2.98. The molecule has 0 saturated heterocycles. The zero-order valence-corrected chi connectivity index (χ0v) is 13.4. The zero-order valence-electron chi connectivity index (χ0n) is 13.4. The van der Waals surface area contributed by atoms with E-state index in [-0.39, 0.29) is 24.5 Å². The fourth-order valence-electron chi connectivity index (χ4n) is 2.53. The Morgan fingerprint density at radius 3 is 2.62 bits per heavy atom. The van der Waals surface area contributed by atoms with Crippen molar-refractivity contribution in [2.24, 2.45) is 5.92 Å². The molecule has 0 amide bonds. The number of hydrogen-bond donors (Lipinski definition) is 1. The molecular formula is C16H21F2NO5. The van der Waals surface area contributed by atoms with E-state index in [0.29, 0.717) is 18.1 Å². The second-order valence-electron chi connectivity index (χ2n) is 5.98. The molecule has 1 aliphatic carbocycles. The first-order chi connectivity index (χ1) is 11.4. The summed E-state index contributed by atoms with van der Waals surface area (Å²) in [6, 6.07) is 3.42. The minimum Gasteiger partial charge on any atom is -0.489 e. The van der Waals surface area contributed by atoms with Gasteiger partial charge in [0.2, 0.25) is 6.04 Å². The molecule has 2 rings (SSSR count). The van der Waals surface area contributed by atoms with Crippen LogP contribution in [0.25, 0.3) is 0 Å². The molecule has 1 aliphatic rings. The van der Waals surface area contributed by atoms with Crippen LogP contribution >= 0.6 is 0 Å². The molecule has 1 fully saturated rings. The SMILES string of the molecule is CC(C(CCO)c1ccc(OC(F)F)c(OCC2CC2)c1)[N+](=O)[O-]. The van der Waals surface area contributed by atoms with Crippen LogP contribution in [0, 0.1) is 16.0 Å². The summed E-state index contributed by atoms with van der Waals surface area (Å²) >= 11 is 0. The number of benzene rings is 1. The largest absolute Gasteiger partial charge is 0.489 e. The van der Waals surface area contributed by atoms with Crippen molar-refractivity contribution in [3.63, 3.8) is 0 Å². The molecule has 0 heterocycles. The molecular weight excluding hydrogens is 324 g/mol. The number of aliphatic hydroxyl groups excluding tert-OH is 1. The molecule has 2 unspecified atom stereocenters.